The molecule has 0 atom stereocenters. The van der Waals surface area contributed by atoms with E-state index in [2.05, 4.69) is 21.9 Å². The van der Waals surface area contributed by atoms with Crippen molar-refractivity contribution in [1.29, 1.82) is 0 Å². The Morgan fingerprint density at radius 3 is 2.24 bits per heavy atom. The van der Waals surface area contributed by atoms with Crippen molar-refractivity contribution in [3.63, 3.8) is 0 Å². The average Bonchev–Trinajstić information content (AvgIpc) is 3.21. The maximum Gasteiger partial charge on any atom is 0.253 e. The number of aliphatic hydroxyl groups excluding tert-OH is 1. The molecule has 0 saturated heterocycles. The number of aliphatic hydroxyl groups is 1. The molecule has 1 aromatic heterocycles. The van der Waals surface area contributed by atoms with Crippen LogP contribution < -0.4 is 19.5 Å². The molecular weight excluding hydrogens is 422 g/mol. The Bertz CT molecular complexity index is 951. The first-order valence-electron chi connectivity index (χ1n) is 10.8. The first-order chi connectivity index (χ1) is 15.7. The van der Waals surface area contributed by atoms with Crippen molar-refractivity contribution in [3.8, 4) is 17.2 Å². The zero-order valence-electron chi connectivity index (χ0n) is 21.0. The molecule has 0 radical (unpaired) electrons. The van der Waals surface area contributed by atoms with Gasteiger partial charge in [-0.1, -0.05) is 34.3 Å². The highest BCUT2D eigenvalue weighted by Crippen LogP contribution is 2.39. The minimum atomic E-state index is -0.390. The summed E-state index contributed by atoms with van der Waals surface area (Å²) in [5.41, 5.74) is 2.21. The van der Waals surface area contributed by atoms with Gasteiger partial charge in [0.2, 0.25) is 5.75 Å². The minimum Gasteiger partial charge on any atom is -0.493 e. The molecule has 1 amide bonds. The molecular formula is C25H37N3O5. The molecule has 33 heavy (non-hydrogen) atoms. The molecule has 0 saturated carbocycles. The Morgan fingerprint density at radius 1 is 1.18 bits per heavy atom. The third kappa shape index (κ3) is 7.12. The van der Waals surface area contributed by atoms with Crippen LogP contribution in [0.2, 0.25) is 0 Å². The van der Waals surface area contributed by atoms with E-state index in [1.807, 2.05) is 34.6 Å². The summed E-state index contributed by atoms with van der Waals surface area (Å²) in [6, 6.07) is 3.58. The molecule has 0 fully saturated rings. The summed E-state index contributed by atoms with van der Waals surface area (Å²) in [6.07, 6.45) is 3.22. The van der Waals surface area contributed by atoms with Crippen molar-refractivity contribution in [1.82, 2.24) is 10.3 Å². The highest BCUT2D eigenvalue weighted by Gasteiger charge is 2.20. The van der Waals surface area contributed by atoms with E-state index in [-0.39, 0.29) is 17.9 Å². The second-order valence-electron chi connectivity index (χ2n) is 7.88. The number of methoxy groups -OCH3 is 3. The van der Waals surface area contributed by atoms with Gasteiger partial charge in [-0.3, -0.25) is 4.79 Å². The minimum absolute atomic E-state index is 0.0159. The number of hydrogen-bond donors (Lipinski definition) is 3. The van der Waals surface area contributed by atoms with E-state index >= 15 is 0 Å². The summed E-state index contributed by atoms with van der Waals surface area (Å²) in [5, 5.41) is 12.2. The molecule has 0 unspecified atom stereocenters. The van der Waals surface area contributed by atoms with Crippen molar-refractivity contribution >= 4 is 23.5 Å². The van der Waals surface area contributed by atoms with Crippen molar-refractivity contribution in [2.45, 2.75) is 34.6 Å². The van der Waals surface area contributed by atoms with Crippen LogP contribution in [-0.4, -0.2) is 56.7 Å². The highest BCUT2D eigenvalue weighted by molar-refractivity contribution is 6.10. The number of H-pyrrole nitrogens is 1. The molecule has 0 spiro atoms. The Labute approximate surface area is 196 Å². The van der Waals surface area contributed by atoms with Gasteiger partial charge < -0.3 is 29.6 Å². The average molecular weight is 460 g/mol. The number of hydrogen-bond acceptors (Lipinski definition) is 6. The van der Waals surface area contributed by atoms with E-state index < -0.39 is 0 Å². The van der Waals surface area contributed by atoms with Crippen LogP contribution in [0.1, 0.15) is 49.2 Å². The number of ether oxygens (including phenoxy) is 3. The van der Waals surface area contributed by atoms with Gasteiger partial charge in [-0.15, -0.1) is 0 Å². The summed E-state index contributed by atoms with van der Waals surface area (Å²) in [6.45, 7) is 14.0. The van der Waals surface area contributed by atoms with Gasteiger partial charge in [0.1, 0.15) is 5.82 Å². The Hall–Kier alpha value is -3.26. The topological polar surface area (TPSA) is 105 Å². The molecule has 0 bridgehead atoms. The fourth-order valence-electron chi connectivity index (χ4n) is 2.81. The quantitative estimate of drug-likeness (QED) is 0.453. The number of nitrogens with one attached hydrogen (secondary N) is 2. The maximum absolute atomic E-state index is 12.5. The monoisotopic (exact) mass is 459 g/mol. The van der Waals surface area contributed by atoms with Gasteiger partial charge in [0.05, 0.1) is 26.9 Å². The molecule has 182 valence electrons. The number of aromatic nitrogens is 1. The van der Waals surface area contributed by atoms with Crippen LogP contribution in [0.5, 0.6) is 17.2 Å². The number of aromatic amines is 1. The van der Waals surface area contributed by atoms with Crippen molar-refractivity contribution < 1.29 is 24.1 Å². The number of rotatable bonds is 10. The second-order valence-corrected chi connectivity index (χ2v) is 7.88. The predicted octanol–water partition coefficient (Wildman–Crippen LogP) is 4.54. The number of carbonyl (C=O) groups is 1. The van der Waals surface area contributed by atoms with Gasteiger partial charge in [0.25, 0.3) is 5.91 Å². The Balaban J connectivity index is 0.00000265. The Kier molecular flexibility index (Phi) is 10.7. The predicted molar refractivity (Wildman–Crippen MR) is 133 cm³/mol. The van der Waals surface area contributed by atoms with Gasteiger partial charge in [-0.05, 0) is 30.2 Å². The molecule has 0 aliphatic rings. The van der Waals surface area contributed by atoms with E-state index in [1.165, 1.54) is 0 Å². The first kappa shape index (κ1) is 27.8. The summed E-state index contributed by atoms with van der Waals surface area (Å²) in [7, 11) is 4.64. The molecule has 2 aromatic rings. The number of benzene rings is 1. The number of aliphatic imine (C=N–C) groups is 1. The molecule has 1 aromatic carbocycles. The lowest BCUT2D eigenvalue weighted by atomic mass is 9.95. The van der Waals surface area contributed by atoms with Gasteiger partial charge in [-0.2, -0.15) is 0 Å². The standard InChI is InChI=1S/C23H31N3O5.C2H6/c1-14(16-8-18(29-5)20(31-7)19(9-16)30-6)10-24-21-15(2)17(11-25-21)22(28)26-12-23(3,4)13-27;1-2/h8-11,25,27H,1,12-13H2,2-7H3,(H,26,28);1-2H3/b24-10-;. The van der Waals surface area contributed by atoms with Crippen molar-refractivity contribution in [3.05, 3.63) is 41.6 Å². The van der Waals surface area contributed by atoms with Crippen molar-refractivity contribution in [2.75, 3.05) is 34.5 Å². The number of amides is 1. The summed E-state index contributed by atoms with van der Waals surface area (Å²) >= 11 is 0. The number of nitrogens with zero attached hydrogens (tertiary/aromatic N) is 1. The Morgan fingerprint density at radius 2 is 1.76 bits per heavy atom. The largest absolute Gasteiger partial charge is 0.493 e. The molecule has 0 aliphatic carbocycles. The van der Waals surface area contributed by atoms with Gasteiger partial charge in [0.15, 0.2) is 11.5 Å². The SMILES string of the molecule is C=C(/C=N\c1[nH]cc(C(=O)NCC(C)(C)CO)c1C)c1cc(OC)c(OC)c(OC)c1.CC. The van der Waals surface area contributed by atoms with Crippen LogP contribution in [0.3, 0.4) is 0 Å². The van der Waals surface area contributed by atoms with Gasteiger partial charge in [-0.25, -0.2) is 4.99 Å². The fourth-order valence-corrected chi connectivity index (χ4v) is 2.81. The molecule has 1 heterocycles. The van der Waals surface area contributed by atoms with E-state index in [0.29, 0.717) is 46.3 Å². The maximum atomic E-state index is 12.5. The number of carbonyl (C=O) groups excluding carboxylic acids is 1. The summed E-state index contributed by atoms with van der Waals surface area (Å²) < 4.78 is 16.1. The van der Waals surface area contributed by atoms with Gasteiger partial charge in [0, 0.05) is 36.5 Å². The van der Waals surface area contributed by atoms with E-state index in [0.717, 1.165) is 5.56 Å². The van der Waals surface area contributed by atoms with Crippen LogP contribution in [0.25, 0.3) is 5.57 Å². The zero-order valence-corrected chi connectivity index (χ0v) is 21.0. The lowest BCUT2D eigenvalue weighted by Gasteiger charge is -2.21. The zero-order chi connectivity index (χ0) is 25.2. The van der Waals surface area contributed by atoms with E-state index in [9.17, 15) is 9.90 Å². The van der Waals surface area contributed by atoms with Crippen LogP contribution in [0.15, 0.2) is 29.9 Å². The summed E-state index contributed by atoms with van der Waals surface area (Å²) in [4.78, 5) is 19.9. The lowest BCUT2D eigenvalue weighted by molar-refractivity contribution is 0.0910. The molecule has 2 rings (SSSR count). The second kappa shape index (κ2) is 12.7. The lowest BCUT2D eigenvalue weighted by Crippen LogP contribution is -2.36. The summed E-state index contributed by atoms with van der Waals surface area (Å²) in [5.74, 6) is 1.87. The van der Waals surface area contributed by atoms with Crippen LogP contribution in [0, 0.1) is 12.3 Å². The molecule has 3 N–H and O–H groups in total. The molecule has 8 heteroatoms. The highest BCUT2D eigenvalue weighted by atomic mass is 16.5. The van der Waals surface area contributed by atoms with E-state index in [4.69, 9.17) is 14.2 Å². The van der Waals surface area contributed by atoms with Crippen LogP contribution in [0.4, 0.5) is 5.82 Å². The van der Waals surface area contributed by atoms with Crippen LogP contribution >= 0.6 is 0 Å². The van der Waals surface area contributed by atoms with Crippen LogP contribution in [-0.2, 0) is 0 Å². The smallest absolute Gasteiger partial charge is 0.253 e. The van der Waals surface area contributed by atoms with Gasteiger partial charge >= 0.3 is 0 Å². The van der Waals surface area contributed by atoms with E-state index in [1.54, 1.807) is 45.9 Å². The third-order valence-corrected chi connectivity index (χ3v) is 4.90. The number of allylic oxidation sites excluding steroid dienone is 1. The fraction of sp³-hybridized carbons (Fsp3) is 0.440. The van der Waals surface area contributed by atoms with Crippen molar-refractivity contribution in [2.24, 2.45) is 10.4 Å². The molecule has 8 nitrogen and oxygen atoms in total. The normalized spacial score (nSPS) is 10.9. The molecule has 0 aliphatic heterocycles. The third-order valence-electron chi connectivity index (χ3n) is 4.90. The first-order valence-corrected chi connectivity index (χ1v) is 10.8.